The van der Waals surface area contributed by atoms with Crippen LogP contribution in [0.3, 0.4) is 0 Å². The topological polar surface area (TPSA) is 77.9 Å². The second kappa shape index (κ2) is 4.21. The predicted molar refractivity (Wildman–Crippen MR) is 70.5 cm³/mol. The molecule has 6 nitrogen and oxygen atoms in total. The van der Waals surface area contributed by atoms with Crippen LogP contribution in [-0.4, -0.2) is 20.3 Å². The summed E-state index contributed by atoms with van der Waals surface area (Å²) in [6.07, 6.45) is 1.71. The molecule has 2 aromatic heterocycles. The maximum atomic E-state index is 12.1. The van der Waals surface area contributed by atoms with Crippen LogP contribution in [0, 0.1) is 13.8 Å². The minimum atomic E-state index is -0.187. The fourth-order valence-electron chi connectivity index (χ4n) is 1.95. The molecule has 0 atom stereocenters. The number of nitrogens with zero attached hydrogens (tertiary/aromatic N) is 3. The second-order valence-corrected chi connectivity index (χ2v) is 4.39. The van der Waals surface area contributed by atoms with E-state index >= 15 is 0 Å². The summed E-state index contributed by atoms with van der Waals surface area (Å²) in [5.41, 5.74) is 9.22. The number of nitrogens with one attached hydrogen (secondary N) is 1. The van der Waals surface area contributed by atoms with Crippen LogP contribution >= 0.6 is 0 Å². The normalized spacial score (nSPS) is 10.7. The highest BCUT2D eigenvalue weighted by atomic mass is 16.2. The summed E-state index contributed by atoms with van der Waals surface area (Å²) in [5, 5.41) is 7.13. The number of nitrogens with two attached hydrogens (primary N) is 1. The van der Waals surface area contributed by atoms with Crippen molar-refractivity contribution in [1.29, 1.82) is 0 Å². The first-order valence-electron chi connectivity index (χ1n) is 5.63. The van der Waals surface area contributed by atoms with Crippen LogP contribution in [0.5, 0.6) is 0 Å². The Kier molecular flexibility index (Phi) is 2.86. The predicted octanol–water partition coefficient (Wildman–Crippen LogP) is 1.21. The van der Waals surface area contributed by atoms with Crippen LogP contribution in [-0.2, 0) is 14.1 Å². The van der Waals surface area contributed by atoms with Gasteiger partial charge in [0.2, 0.25) is 0 Å². The Morgan fingerprint density at radius 1 is 1.39 bits per heavy atom. The van der Waals surface area contributed by atoms with Gasteiger partial charge in [-0.1, -0.05) is 0 Å². The highest BCUT2D eigenvalue weighted by molar-refractivity contribution is 6.04. The largest absolute Gasteiger partial charge is 0.397 e. The molecular weight excluding hydrogens is 230 g/mol. The lowest BCUT2D eigenvalue weighted by molar-refractivity contribution is 0.101. The number of hydrogen-bond donors (Lipinski definition) is 2. The molecule has 0 unspecified atom stereocenters. The molecule has 2 rings (SSSR count). The molecule has 0 saturated carbocycles. The number of rotatable bonds is 2. The van der Waals surface area contributed by atoms with Gasteiger partial charge in [-0.2, -0.15) is 5.10 Å². The molecule has 0 aliphatic rings. The third-order valence-electron chi connectivity index (χ3n) is 3.01. The number of anilines is 2. The van der Waals surface area contributed by atoms with Gasteiger partial charge in [-0.3, -0.25) is 9.48 Å². The molecule has 0 radical (unpaired) electrons. The molecule has 2 aromatic rings. The van der Waals surface area contributed by atoms with Gasteiger partial charge in [0.15, 0.2) is 0 Å². The molecule has 0 saturated heterocycles. The van der Waals surface area contributed by atoms with Gasteiger partial charge in [0, 0.05) is 20.3 Å². The summed E-state index contributed by atoms with van der Waals surface area (Å²) in [4.78, 5) is 12.1. The molecule has 0 bridgehead atoms. The molecule has 96 valence electrons. The number of hydrogen-bond acceptors (Lipinski definition) is 3. The maximum Gasteiger partial charge on any atom is 0.272 e. The van der Waals surface area contributed by atoms with E-state index in [-0.39, 0.29) is 5.91 Å². The highest BCUT2D eigenvalue weighted by Crippen LogP contribution is 2.20. The van der Waals surface area contributed by atoms with Gasteiger partial charge in [0.25, 0.3) is 5.91 Å². The van der Waals surface area contributed by atoms with Crippen molar-refractivity contribution in [3.63, 3.8) is 0 Å². The molecule has 0 aliphatic heterocycles. The first kappa shape index (κ1) is 12.2. The number of carbonyl (C=O) groups is 1. The highest BCUT2D eigenvalue weighted by Gasteiger charge is 2.16. The maximum absolute atomic E-state index is 12.1. The van der Waals surface area contributed by atoms with E-state index in [1.54, 1.807) is 28.6 Å². The van der Waals surface area contributed by atoms with E-state index in [2.05, 4.69) is 10.4 Å². The lowest BCUT2D eigenvalue weighted by Crippen LogP contribution is -2.16. The molecule has 0 aliphatic carbocycles. The number of aromatic nitrogens is 3. The molecule has 2 heterocycles. The smallest absolute Gasteiger partial charge is 0.272 e. The summed E-state index contributed by atoms with van der Waals surface area (Å²) in [6, 6.07) is 1.65. The fourth-order valence-corrected chi connectivity index (χ4v) is 1.95. The zero-order valence-corrected chi connectivity index (χ0v) is 11.0. The van der Waals surface area contributed by atoms with Crippen LogP contribution in [0.4, 0.5) is 11.4 Å². The van der Waals surface area contributed by atoms with Crippen molar-refractivity contribution in [1.82, 2.24) is 14.3 Å². The monoisotopic (exact) mass is 247 g/mol. The van der Waals surface area contributed by atoms with E-state index in [0.29, 0.717) is 11.4 Å². The van der Waals surface area contributed by atoms with Crippen LogP contribution in [0.25, 0.3) is 0 Å². The number of aryl methyl sites for hydroxylation is 3. The van der Waals surface area contributed by atoms with Crippen molar-refractivity contribution in [2.75, 3.05) is 11.1 Å². The van der Waals surface area contributed by atoms with Crippen LogP contribution in [0.15, 0.2) is 12.3 Å². The molecule has 0 aromatic carbocycles. The number of amides is 1. The quantitative estimate of drug-likeness (QED) is 0.837. The van der Waals surface area contributed by atoms with E-state index in [4.69, 9.17) is 5.73 Å². The van der Waals surface area contributed by atoms with Crippen molar-refractivity contribution in [3.05, 3.63) is 29.3 Å². The first-order chi connectivity index (χ1) is 8.40. The third-order valence-corrected chi connectivity index (χ3v) is 3.01. The van der Waals surface area contributed by atoms with Gasteiger partial charge in [-0.15, -0.1) is 0 Å². The number of carbonyl (C=O) groups excluding carboxylic acids is 1. The van der Waals surface area contributed by atoms with E-state index in [1.165, 1.54) is 0 Å². The lowest BCUT2D eigenvalue weighted by atomic mass is 10.3. The zero-order chi connectivity index (χ0) is 13.4. The van der Waals surface area contributed by atoms with Crippen LogP contribution in [0.1, 0.15) is 21.9 Å². The fraction of sp³-hybridized carbons (Fsp3) is 0.333. The molecule has 0 spiro atoms. The van der Waals surface area contributed by atoms with Gasteiger partial charge < -0.3 is 15.6 Å². The van der Waals surface area contributed by atoms with Gasteiger partial charge >= 0.3 is 0 Å². The zero-order valence-electron chi connectivity index (χ0n) is 11.0. The van der Waals surface area contributed by atoms with Crippen molar-refractivity contribution in [3.8, 4) is 0 Å². The summed E-state index contributed by atoms with van der Waals surface area (Å²) < 4.78 is 3.44. The second-order valence-electron chi connectivity index (χ2n) is 4.39. The standard InChI is InChI=1S/C12H17N5O/c1-7-11(8(2)17(4)15-7)14-12(18)10-5-9(13)6-16(10)3/h5-6H,13H2,1-4H3,(H,14,18). The molecule has 18 heavy (non-hydrogen) atoms. The molecule has 0 fully saturated rings. The summed E-state index contributed by atoms with van der Waals surface area (Å²) >= 11 is 0. The Bertz CT molecular complexity index is 608. The van der Waals surface area contributed by atoms with E-state index < -0.39 is 0 Å². The Balaban J connectivity index is 2.29. The van der Waals surface area contributed by atoms with Gasteiger partial charge in [0.05, 0.1) is 22.8 Å². The van der Waals surface area contributed by atoms with Crippen LogP contribution in [0.2, 0.25) is 0 Å². The summed E-state index contributed by atoms with van der Waals surface area (Å²) in [6.45, 7) is 3.77. The Hall–Kier alpha value is -2.24. The van der Waals surface area contributed by atoms with Gasteiger partial charge in [0.1, 0.15) is 5.69 Å². The SMILES string of the molecule is Cc1nn(C)c(C)c1NC(=O)c1cc(N)cn1C. The molecule has 6 heteroatoms. The van der Waals surface area contributed by atoms with E-state index in [9.17, 15) is 4.79 Å². The third kappa shape index (κ3) is 1.97. The molecule has 3 N–H and O–H groups in total. The Morgan fingerprint density at radius 3 is 2.50 bits per heavy atom. The average Bonchev–Trinajstić information content (AvgIpc) is 2.73. The first-order valence-corrected chi connectivity index (χ1v) is 5.63. The number of nitrogen functional groups attached to an aromatic ring is 1. The van der Waals surface area contributed by atoms with Crippen LogP contribution < -0.4 is 11.1 Å². The van der Waals surface area contributed by atoms with Gasteiger partial charge in [-0.05, 0) is 19.9 Å². The Labute approximate surface area is 105 Å². The van der Waals surface area contributed by atoms with Crippen molar-refractivity contribution < 1.29 is 4.79 Å². The lowest BCUT2D eigenvalue weighted by Gasteiger charge is -2.06. The van der Waals surface area contributed by atoms with Crippen molar-refractivity contribution in [2.45, 2.75) is 13.8 Å². The minimum absolute atomic E-state index is 0.187. The van der Waals surface area contributed by atoms with Crippen molar-refractivity contribution >= 4 is 17.3 Å². The molecular formula is C12H17N5O. The molecule has 1 amide bonds. The average molecular weight is 247 g/mol. The van der Waals surface area contributed by atoms with Crippen molar-refractivity contribution in [2.24, 2.45) is 14.1 Å². The Morgan fingerprint density at radius 2 is 2.06 bits per heavy atom. The summed E-state index contributed by atoms with van der Waals surface area (Å²) in [5.74, 6) is -0.187. The minimum Gasteiger partial charge on any atom is -0.397 e. The van der Waals surface area contributed by atoms with Gasteiger partial charge in [-0.25, -0.2) is 0 Å². The van der Waals surface area contributed by atoms with E-state index in [0.717, 1.165) is 17.1 Å². The summed E-state index contributed by atoms with van der Waals surface area (Å²) in [7, 11) is 3.63. The van der Waals surface area contributed by atoms with E-state index in [1.807, 2.05) is 20.9 Å².